The Hall–Kier alpha value is -5.49. The molecule has 7 rings (SSSR count). The van der Waals surface area contributed by atoms with Gasteiger partial charge in [0.25, 0.3) is 0 Å². The molecule has 1 aliphatic carbocycles. The molecule has 4 heterocycles. The first-order valence-electron chi connectivity index (χ1n) is 22.0. The molecule has 12 nitrogen and oxygen atoms in total. The van der Waals surface area contributed by atoms with Gasteiger partial charge in [0, 0.05) is 37.3 Å². The molecule has 2 atom stereocenters. The van der Waals surface area contributed by atoms with Crippen LogP contribution < -0.4 is 10.6 Å². The van der Waals surface area contributed by atoms with Crippen molar-refractivity contribution in [3.8, 4) is 11.3 Å². The number of imidazole rings is 2. The highest BCUT2D eigenvalue weighted by molar-refractivity contribution is 5.83. The third-order valence-electron chi connectivity index (χ3n) is 11.3. The van der Waals surface area contributed by atoms with Crippen LogP contribution in [0, 0.1) is 0 Å². The number of rotatable bonds is 14. The molecular formula is C48H66N8O4. The van der Waals surface area contributed by atoms with E-state index >= 15 is 0 Å². The highest BCUT2D eigenvalue weighted by Crippen LogP contribution is 2.35. The van der Waals surface area contributed by atoms with Crippen molar-refractivity contribution in [3.63, 3.8) is 0 Å². The van der Waals surface area contributed by atoms with Crippen LogP contribution in [0.3, 0.4) is 0 Å². The highest BCUT2D eigenvalue weighted by atomic mass is 16.5. The van der Waals surface area contributed by atoms with Crippen LogP contribution in [0.5, 0.6) is 0 Å². The molecular weight excluding hydrogens is 753 g/mol. The monoisotopic (exact) mass is 819 g/mol. The van der Waals surface area contributed by atoms with Crippen LogP contribution in [-0.4, -0.2) is 87.5 Å². The molecule has 2 aromatic heterocycles. The number of aromatic amines is 2. The van der Waals surface area contributed by atoms with Crippen LogP contribution in [0.25, 0.3) is 11.3 Å². The van der Waals surface area contributed by atoms with Crippen molar-refractivity contribution in [2.45, 2.75) is 109 Å². The predicted octanol–water partition coefficient (Wildman–Crippen LogP) is 8.97. The molecule has 3 fully saturated rings. The number of carbonyl (C=O) groups excluding carboxylic acids is 3. The number of nitrogens with zero attached hydrogens (tertiary/aromatic N) is 4. The van der Waals surface area contributed by atoms with Crippen molar-refractivity contribution < 1.29 is 19.1 Å². The molecule has 3 amide bonds. The smallest absolute Gasteiger partial charge is 0.407 e. The number of allylic oxidation sites excluding steroid dienone is 4. The molecule has 60 heavy (non-hydrogen) atoms. The molecule has 322 valence electrons. The standard InChI is InChI=1S/C25H30N4O.C17H26N4O3.C6H10/c30-25(24(29-17-9-10-18-29)21-13-5-2-6-14-21)26-16-8-7-15-23-27-19-22(28-23)20-11-3-1-4-12-20;1-24-17(23)19-11-15(22)21-9-5-8-14(21)16-18-10-13(20-16)12-6-3-2-4-7-12;1-3-5-6-4-2/h1-6,11-14,19,24H,7-10,15-18H2,(H,26,30)(H,27,28);10,12,14H,2-9,11H2,1H3,(H,18,20)(H,19,23);3-6H,1-2H3/b;;5-3-,6-4-. The number of hydrogen-bond acceptors (Lipinski definition) is 7. The number of amides is 3. The second kappa shape index (κ2) is 25.2. The Morgan fingerprint density at radius 3 is 2.18 bits per heavy atom. The summed E-state index contributed by atoms with van der Waals surface area (Å²) in [5.74, 6) is 2.47. The molecule has 2 aliphatic heterocycles. The van der Waals surface area contributed by atoms with Gasteiger partial charge in [0.15, 0.2) is 0 Å². The van der Waals surface area contributed by atoms with Gasteiger partial charge in [-0.2, -0.15) is 0 Å². The molecule has 0 spiro atoms. The Balaban J connectivity index is 0.000000204. The third kappa shape index (κ3) is 14.1. The summed E-state index contributed by atoms with van der Waals surface area (Å²) in [5, 5.41) is 5.62. The number of H-pyrrole nitrogens is 2. The van der Waals surface area contributed by atoms with Gasteiger partial charge in [0.05, 0.1) is 25.0 Å². The van der Waals surface area contributed by atoms with Crippen LogP contribution in [0.4, 0.5) is 4.79 Å². The minimum Gasteiger partial charge on any atom is -0.453 e. The number of aromatic nitrogens is 4. The van der Waals surface area contributed by atoms with Crippen molar-refractivity contribution in [2.24, 2.45) is 0 Å². The van der Waals surface area contributed by atoms with Crippen molar-refractivity contribution in [1.82, 2.24) is 40.4 Å². The summed E-state index contributed by atoms with van der Waals surface area (Å²) < 4.78 is 4.51. The first-order valence-corrected chi connectivity index (χ1v) is 22.0. The molecule has 2 aromatic carbocycles. The van der Waals surface area contributed by atoms with Crippen LogP contribution >= 0.6 is 0 Å². The van der Waals surface area contributed by atoms with Gasteiger partial charge in [-0.05, 0) is 89.4 Å². The highest BCUT2D eigenvalue weighted by Gasteiger charge is 2.33. The van der Waals surface area contributed by atoms with Gasteiger partial charge in [-0.15, -0.1) is 0 Å². The predicted molar refractivity (Wildman–Crippen MR) is 238 cm³/mol. The molecule has 0 radical (unpaired) electrons. The summed E-state index contributed by atoms with van der Waals surface area (Å²) in [6, 6.07) is 20.2. The van der Waals surface area contributed by atoms with E-state index in [1.807, 2.05) is 86.9 Å². The summed E-state index contributed by atoms with van der Waals surface area (Å²) in [6.07, 6.45) is 24.6. The summed E-state index contributed by atoms with van der Waals surface area (Å²) >= 11 is 0. The van der Waals surface area contributed by atoms with Gasteiger partial charge < -0.3 is 30.2 Å². The van der Waals surface area contributed by atoms with Gasteiger partial charge >= 0.3 is 6.09 Å². The van der Waals surface area contributed by atoms with E-state index in [4.69, 9.17) is 0 Å². The van der Waals surface area contributed by atoms with E-state index in [1.165, 1.54) is 57.7 Å². The van der Waals surface area contributed by atoms with E-state index in [-0.39, 0.29) is 30.4 Å². The zero-order valence-corrected chi connectivity index (χ0v) is 35.9. The average molecular weight is 819 g/mol. The minimum atomic E-state index is -0.586. The topological polar surface area (TPSA) is 148 Å². The lowest BCUT2D eigenvalue weighted by Gasteiger charge is -2.27. The van der Waals surface area contributed by atoms with E-state index < -0.39 is 6.09 Å². The third-order valence-corrected chi connectivity index (χ3v) is 11.3. The number of alkyl carbamates (subject to hydrolysis) is 1. The Morgan fingerprint density at radius 2 is 1.50 bits per heavy atom. The normalized spacial score (nSPS) is 17.4. The fourth-order valence-electron chi connectivity index (χ4n) is 8.18. The van der Waals surface area contributed by atoms with Crippen molar-refractivity contribution >= 4 is 17.9 Å². The maximum atomic E-state index is 13.0. The maximum absolute atomic E-state index is 13.0. The number of benzene rings is 2. The van der Waals surface area contributed by atoms with Gasteiger partial charge in [-0.25, -0.2) is 14.8 Å². The van der Waals surface area contributed by atoms with Gasteiger partial charge in [0.1, 0.15) is 24.2 Å². The lowest BCUT2D eigenvalue weighted by Crippen LogP contribution is -2.40. The van der Waals surface area contributed by atoms with E-state index in [9.17, 15) is 14.4 Å². The number of likely N-dealkylation sites (tertiary alicyclic amines) is 2. The Bertz CT molecular complexity index is 1900. The van der Waals surface area contributed by atoms with E-state index in [0.717, 1.165) is 73.7 Å². The minimum absolute atomic E-state index is 0.0192. The number of hydrogen-bond donors (Lipinski definition) is 4. The zero-order valence-electron chi connectivity index (χ0n) is 35.9. The van der Waals surface area contributed by atoms with Gasteiger partial charge in [0.2, 0.25) is 11.8 Å². The molecule has 2 unspecified atom stereocenters. The van der Waals surface area contributed by atoms with Crippen molar-refractivity contribution in [3.05, 3.63) is 120 Å². The number of carbonyl (C=O) groups is 3. The number of aryl methyl sites for hydroxylation is 1. The van der Waals surface area contributed by atoms with E-state index in [1.54, 1.807) is 4.90 Å². The second-order valence-corrected chi connectivity index (χ2v) is 15.6. The van der Waals surface area contributed by atoms with Crippen molar-refractivity contribution in [1.29, 1.82) is 0 Å². The number of ether oxygens (including phenoxy) is 1. The molecule has 12 heteroatoms. The fourth-order valence-corrected chi connectivity index (χ4v) is 8.18. The Kier molecular flexibility index (Phi) is 19.2. The summed E-state index contributed by atoms with van der Waals surface area (Å²) in [7, 11) is 1.29. The molecule has 2 saturated heterocycles. The number of unbranched alkanes of at least 4 members (excludes halogenated alkanes) is 1. The van der Waals surface area contributed by atoms with Crippen LogP contribution in [-0.2, 0) is 20.7 Å². The Labute approximate surface area is 356 Å². The number of nitrogens with one attached hydrogen (secondary N) is 4. The molecule has 4 N–H and O–H groups in total. The van der Waals surface area contributed by atoms with E-state index in [2.05, 4.69) is 64.5 Å². The van der Waals surface area contributed by atoms with Crippen LogP contribution in [0.15, 0.2) is 97.4 Å². The maximum Gasteiger partial charge on any atom is 0.407 e. The first-order chi connectivity index (χ1) is 29.4. The molecule has 1 saturated carbocycles. The quantitative estimate of drug-likeness (QED) is 0.0734. The lowest BCUT2D eigenvalue weighted by atomic mass is 9.87. The molecule has 3 aliphatic rings. The average Bonchev–Trinajstić information content (AvgIpc) is 4.15. The molecule has 0 bridgehead atoms. The van der Waals surface area contributed by atoms with E-state index in [0.29, 0.717) is 19.0 Å². The second-order valence-electron chi connectivity index (χ2n) is 15.6. The fraction of sp³-hybridized carbons (Fsp3) is 0.479. The van der Waals surface area contributed by atoms with Gasteiger partial charge in [-0.3, -0.25) is 14.5 Å². The van der Waals surface area contributed by atoms with Gasteiger partial charge in [-0.1, -0.05) is 104 Å². The largest absolute Gasteiger partial charge is 0.453 e. The summed E-state index contributed by atoms with van der Waals surface area (Å²) in [5.41, 5.74) is 4.49. The zero-order chi connectivity index (χ0) is 42.4. The number of methoxy groups -OCH3 is 1. The summed E-state index contributed by atoms with van der Waals surface area (Å²) in [6.45, 7) is 7.35. The SMILES string of the molecule is C/C=C\C=C/C.COC(=O)NCC(=O)N1CCCC1c1ncc(C2CCCCC2)[nH]1.O=C(NCCCCc1ncc(-c2ccccc2)[nH]1)C(c1ccccc1)N1CCCC1. The first kappa shape index (κ1) is 45.6. The van der Waals surface area contributed by atoms with Crippen LogP contribution in [0.1, 0.15) is 125 Å². The van der Waals surface area contributed by atoms with Crippen molar-refractivity contribution in [2.75, 3.05) is 39.8 Å². The Morgan fingerprint density at radius 1 is 0.800 bits per heavy atom. The summed E-state index contributed by atoms with van der Waals surface area (Å²) in [4.78, 5) is 56.5. The lowest BCUT2D eigenvalue weighted by molar-refractivity contribution is -0.131. The molecule has 4 aromatic rings. The van der Waals surface area contributed by atoms with Crippen LogP contribution in [0.2, 0.25) is 0 Å².